The van der Waals surface area contributed by atoms with Crippen molar-refractivity contribution in [1.29, 1.82) is 5.26 Å². The van der Waals surface area contributed by atoms with E-state index in [-0.39, 0.29) is 16.5 Å². The molecule has 13 heteroatoms. The zero-order valence-electron chi connectivity index (χ0n) is 13.8. The minimum Gasteiger partial charge on any atom is -0.490 e. The van der Waals surface area contributed by atoms with Crippen LogP contribution in [0.15, 0.2) is 12.3 Å². The van der Waals surface area contributed by atoms with E-state index in [1.807, 2.05) is 6.07 Å². The molecule has 1 aliphatic carbocycles. The molecule has 1 atom stereocenters. The Hall–Kier alpha value is -2.10. The summed E-state index contributed by atoms with van der Waals surface area (Å²) >= 11 is 5.86. The van der Waals surface area contributed by atoms with Gasteiger partial charge in [0.1, 0.15) is 23.0 Å². The van der Waals surface area contributed by atoms with Gasteiger partial charge in [-0.15, -0.1) is 0 Å². The van der Waals surface area contributed by atoms with Gasteiger partial charge < -0.3 is 10.1 Å². The van der Waals surface area contributed by atoms with Crippen LogP contribution in [0.4, 0.5) is 13.2 Å². The molecule has 0 unspecified atom stereocenters. The number of nitrogens with one attached hydrogen (secondary N) is 2. The minimum absolute atomic E-state index is 0.00980. The first-order valence-corrected chi connectivity index (χ1v) is 9.36. The van der Waals surface area contributed by atoms with Crippen molar-refractivity contribution in [3.8, 4) is 11.8 Å². The molecule has 2 rings (SSSR count). The third-order valence-corrected chi connectivity index (χ3v) is 5.16. The van der Waals surface area contributed by atoms with E-state index in [2.05, 4.69) is 10.3 Å². The standard InChI is InChI=1S/C14H14ClF3N4O4S/c1-8(22-27(24,25)14(16,17)18)6-26-9-4-10(11(15)20-5-9)12(23)21-13(7-19)2-3-13/h4-5,8,22H,2-3,6H2,1H3,(H,21,23)/t8-/m0/s1. The van der Waals surface area contributed by atoms with Crippen LogP contribution in [-0.2, 0) is 10.0 Å². The predicted octanol–water partition coefficient (Wildman–Crippen LogP) is 1.73. The Labute approximate surface area is 157 Å². The SMILES string of the molecule is C[C@@H](COc1cnc(Cl)c(C(=O)NC2(C#N)CC2)c1)NS(=O)(=O)C(F)(F)F. The third kappa shape index (κ3) is 5.21. The topological polar surface area (TPSA) is 121 Å². The highest BCUT2D eigenvalue weighted by Crippen LogP contribution is 2.35. The lowest BCUT2D eigenvalue weighted by molar-refractivity contribution is -0.0451. The Morgan fingerprint density at radius 2 is 2.15 bits per heavy atom. The number of hydrogen-bond acceptors (Lipinski definition) is 6. The van der Waals surface area contributed by atoms with E-state index in [1.54, 1.807) is 0 Å². The van der Waals surface area contributed by atoms with Gasteiger partial charge in [0.15, 0.2) is 0 Å². The fourth-order valence-corrected chi connectivity index (χ4v) is 2.85. The molecule has 0 aliphatic heterocycles. The number of halogens is 4. The van der Waals surface area contributed by atoms with Crippen molar-refractivity contribution < 1.29 is 31.1 Å². The maximum atomic E-state index is 12.3. The summed E-state index contributed by atoms with van der Waals surface area (Å²) in [6, 6.07) is 1.96. The summed E-state index contributed by atoms with van der Waals surface area (Å²) < 4.78 is 65.7. The van der Waals surface area contributed by atoms with E-state index >= 15 is 0 Å². The summed E-state index contributed by atoms with van der Waals surface area (Å²) in [5, 5.41) is 11.4. The number of carbonyl (C=O) groups is 1. The van der Waals surface area contributed by atoms with Crippen molar-refractivity contribution in [2.45, 2.75) is 36.9 Å². The Kier molecular flexibility index (Phi) is 5.88. The van der Waals surface area contributed by atoms with E-state index in [9.17, 15) is 26.4 Å². The van der Waals surface area contributed by atoms with Crippen LogP contribution in [0, 0.1) is 11.3 Å². The highest BCUT2D eigenvalue weighted by molar-refractivity contribution is 7.90. The maximum Gasteiger partial charge on any atom is 0.511 e. The summed E-state index contributed by atoms with van der Waals surface area (Å²) in [5.74, 6) is -0.660. The van der Waals surface area contributed by atoms with Crippen LogP contribution in [0.2, 0.25) is 5.15 Å². The van der Waals surface area contributed by atoms with Gasteiger partial charge >= 0.3 is 15.5 Å². The first kappa shape index (κ1) is 21.2. The van der Waals surface area contributed by atoms with E-state index in [0.29, 0.717) is 12.8 Å². The van der Waals surface area contributed by atoms with Crippen LogP contribution in [0.5, 0.6) is 5.75 Å². The second kappa shape index (κ2) is 7.49. The number of alkyl halides is 3. The lowest BCUT2D eigenvalue weighted by Gasteiger charge is -2.17. The molecule has 8 nitrogen and oxygen atoms in total. The fraction of sp³-hybridized carbons (Fsp3) is 0.500. The molecule has 148 valence electrons. The summed E-state index contributed by atoms with van der Waals surface area (Å²) in [6.07, 6.45) is 2.14. The molecule has 0 spiro atoms. The maximum absolute atomic E-state index is 12.3. The van der Waals surface area contributed by atoms with Gasteiger partial charge in [-0.1, -0.05) is 11.6 Å². The average molecular weight is 427 g/mol. The monoisotopic (exact) mass is 426 g/mol. The lowest BCUT2D eigenvalue weighted by atomic mass is 10.2. The molecular weight excluding hydrogens is 413 g/mol. The van der Waals surface area contributed by atoms with Crippen LogP contribution in [-0.4, -0.2) is 43.0 Å². The highest BCUT2D eigenvalue weighted by atomic mass is 35.5. The van der Waals surface area contributed by atoms with E-state index in [0.717, 1.165) is 6.20 Å². The molecule has 1 saturated carbocycles. The number of nitriles is 1. The number of sulfonamides is 1. The molecule has 1 heterocycles. The first-order valence-electron chi connectivity index (χ1n) is 7.50. The number of nitrogens with zero attached hydrogens (tertiary/aromatic N) is 2. The van der Waals surface area contributed by atoms with E-state index in [4.69, 9.17) is 21.6 Å². The number of rotatable bonds is 7. The van der Waals surface area contributed by atoms with Gasteiger partial charge in [-0.2, -0.15) is 18.4 Å². The van der Waals surface area contributed by atoms with Gasteiger partial charge in [-0.05, 0) is 25.8 Å². The number of hydrogen-bond donors (Lipinski definition) is 2. The molecule has 0 bridgehead atoms. The van der Waals surface area contributed by atoms with Crippen molar-refractivity contribution >= 4 is 27.5 Å². The first-order chi connectivity index (χ1) is 12.4. The normalized spacial score (nSPS) is 16.9. The molecule has 0 aromatic carbocycles. The summed E-state index contributed by atoms with van der Waals surface area (Å²) in [5.41, 5.74) is -6.45. The number of amides is 1. The van der Waals surface area contributed by atoms with Crippen molar-refractivity contribution in [2.75, 3.05) is 6.61 Å². The van der Waals surface area contributed by atoms with Gasteiger partial charge in [0, 0.05) is 0 Å². The van der Waals surface area contributed by atoms with Crippen molar-refractivity contribution in [3.05, 3.63) is 23.0 Å². The van der Waals surface area contributed by atoms with Crippen LogP contribution in [0.1, 0.15) is 30.1 Å². The van der Waals surface area contributed by atoms with Crippen molar-refractivity contribution in [1.82, 2.24) is 15.0 Å². The summed E-state index contributed by atoms with van der Waals surface area (Å²) in [7, 11) is -5.51. The van der Waals surface area contributed by atoms with Crippen LogP contribution in [0.3, 0.4) is 0 Å². The minimum atomic E-state index is -5.51. The molecule has 1 aromatic heterocycles. The molecule has 0 saturated heterocycles. The fourth-order valence-electron chi connectivity index (χ4n) is 1.93. The molecule has 0 radical (unpaired) electrons. The number of pyridine rings is 1. The quantitative estimate of drug-likeness (QED) is 0.640. The molecular formula is C14H14ClF3N4O4S. The Balaban J connectivity index is 2.02. The smallest absolute Gasteiger partial charge is 0.490 e. The molecule has 1 aliphatic rings. The van der Waals surface area contributed by atoms with Gasteiger partial charge in [-0.3, -0.25) is 4.79 Å². The van der Waals surface area contributed by atoms with Gasteiger partial charge in [0.2, 0.25) is 0 Å². The second-order valence-electron chi connectivity index (χ2n) is 5.94. The Morgan fingerprint density at radius 3 is 2.67 bits per heavy atom. The van der Waals surface area contributed by atoms with E-state index < -0.39 is 39.6 Å². The molecule has 1 fully saturated rings. The molecule has 27 heavy (non-hydrogen) atoms. The Morgan fingerprint density at radius 1 is 1.52 bits per heavy atom. The largest absolute Gasteiger partial charge is 0.511 e. The van der Waals surface area contributed by atoms with Crippen LogP contribution < -0.4 is 14.8 Å². The predicted molar refractivity (Wildman–Crippen MR) is 87.4 cm³/mol. The highest BCUT2D eigenvalue weighted by Gasteiger charge is 2.46. The summed E-state index contributed by atoms with van der Waals surface area (Å²) in [4.78, 5) is 16.0. The third-order valence-electron chi connectivity index (χ3n) is 3.54. The van der Waals surface area contributed by atoms with Crippen LogP contribution in [0.25, 0.3) is 0 Å². The molecule has 1 aromatic rings. The lowest BCUT2D eigenvalue weighted by Crippen LogP contribution is -2.43. The van der Waals surface area contributed by atoms with Crippen LogP contribution >= 0.6 is 11.6 Å². The number of carbonyl (C=O) groups excluding carboxylic acids is 1. The van der Waals surface area contributed by atoms with E-state index in [1.165, 1.54) is 17.7 Å². The second-order valence-corrected chi connectivity index (χ2v) is 8.00. The zero-order chi connectivity index (χ0) is 20.5. The van der Waals surface area contributed by atoms with Crippen molar-refractivity contribution in [2.24, 2.45) is 0 Å². The van der Waals surface area contributed by atoms with Gasteiger partial charge in [0.05, 0.1) is 23.9 Å². The zero-order valence-corrected chi connectivity index (χ0v) is 15.4. The van der Waals surface area contributed by atoms with Gasteiger partial charge in [0.25, 0.3) is 5.91 Å². The average Bonchev–Trinajstić information content (AvgIpc) is 3.32. The molecule has 1 amide bonds. The Bertz CT molecular complexity index is 881. The summed E-state index contributed by atoms with van der Waals surface area (Å²) in [6.45, 7) is 0.714. The van der Waals surface area contributed by atoms with Crippen molar-refractivity contribution in [3.63, 3.8) is 0 Å². The molecule has 2 N–H and O–H groups in total. The number of aromatic nitrogens is 1. The number of ether oxygens (including phenoxy) is 1. The van der Waals surface area contributed by atoms with Gasteiger partial charge in [-0.25, -0.2) is 18.1 Å².